The lowest BCUT2D eigenvalue weighted by molar-refractivity contribution is 0.768. The van der Waals surface area contributed by atoms with Crippen LogP contribution in [-0.2, 0) is 5.41 Å². The van der Waals surface area contributed by atoms with Crippen LogP contribution in [0.4, 0.5) is 17.1 Å². The molecule has 12 aromatic carbocycles. The van der Waals surface area contributed by atoms with Gasteiger partial charge in [-0.1, -0.05) is 224 Å². The Morgan fingerprint density at radius 1 is 0.279 bits per heavy atom. The third-order valence-corrected chi connectivity index (χ3v) is 14.0. The van der Waals surface area contributed by atoms with Crippen molar-refractivity contribution in [2.24, 2.45) is 0 Å². The fourth-order valence-electron chi connectivity index (χ4n) is 10.9. The lowest BCUT2D eigenvalue weighted by atomic mass is 9.67. The Bertz CT molecular complexity index is 4020. The molecule has 0 radical (unpaired) electrons. The second kappa shape index (κ2) is 16.3. The molecule has 1 heteroatoms. The van der Waals surface area contributed by atoms with Crippen LogP contribution in [0.3, 0.4) is 0 Å². The van der Waals surface area contributed by atoms with Gasteiger partial charge in [0.05, 0.1) is 10.9 Å². The molecule has 1 aliphatic rings. The Kier molecular flexibility index (Phi) is 8.49. The van der Waals surface area contributed by atoms with E-state index in [1.165, 1.54) is 16.3 Å². The van der Waals surface area contributed by atoms with Gasteiger partial charge in [-0.25, -0.2) is 0 Å². The van der Waals surface area contributed by atoms with E-state index in [4.69, 9.17) is 0 Å². The maximum Gasteiger partial charge on any atom is 0.0714 e. The van der Waals surface area contributed by atoms with Crippen LogP contribution in [0.5, 0.6) is 0 Å². The topological polar surface area (TPSA) is 3.24 Å². The van der Waals surface area contributed by atoms with Gasteiger partial charge in [0.15, 0.2) is 0 Å². The van der Waals surface area contributed by atoms with Crippen molar-refractivity contribution >= 4 is 49.4 Å². The predicted octanol–water partition coefficient (Wildman–Crippen LogP) is 18.0. The van der Waals surface area contributed by atoms with E-state index in [-0.39, 0.29) is 35.4 Å². The van der Waals surface area contributed by atoms with E-state index in [0.717, 1.165) is 71.6 Å². The quantitative estimate of drug-likeness (QED) is 0.138. The first-order chi connectivity index (χ1) is 35.4. The predicted molar refractivity (Wildman–Crippen MR) is 287 cm³/mol. The molecular weight excluding hydrogens is 819 g/mol. The van der Waals surface area contributed by atoms with Crippen molar-refractivity contribution in [1.82, 2.24) is 0 Å². The van der Waals surface area contributed by atoms with E-state index in [2.05, 4.69) is 206 Å². The Balaban J connectivity index is 1.03. The van der Waals surface area contributed by atoms with E-state index in [1.54, 1.807) is 0 Å². The molecule has 0 spiro atoms. The first kappa shape index (κ1) is 35.5. The summed E-state index contributed by atoms with van der Waals surface area (Å²) in [6.45, 7) is 0. The van der Waals surface area contributed by atoms with Crippen LogP contribution in [0, 0.1) is 0 Å². The summed E-state index contributed by atoms with van der Waals surface area (Å²) >= 11 is 0. The highest BCUT2D eigenvalue weighted by atomic mass is 15.1. The van der Waals surface area contributed by atoms with Crippen LogP contribution in [0.25, 0.3) is 76.8 Å². The largest absolute Gasteiger partial charge is 0.310 e. The second-order valence-corrected chi connectivity index (χ2v) is 17.7. The summed E-state index contributed by atoms with van der Waals surface area (Å²) in [6, 6.07) is 85.9. The van der Waals surface area contributed by atoms with Crippen molar-refractivity contribution in [1.29, 1.82) is 0 Å². The van der Waals surface area contributed by atoms with E-state index in [9.17, 15) is 5.48 Å². The zero-order valence-corrected chi connectivity index (χ0v) is 37.1. The SMILES string of the molecule is [2H]c1c([2H])c(N(c2ccc(-c3cc4ccccc4c4ccccc34)cc2)c2ccc3c(c2)C(c2ccccc2)(c2ccccc2)c2ccccc2-3)c([2H])c([2H])c1-c1cccc(-c2cccc3ccccc23)c1. The highest BCUT2D eigenvalue weighted by Crippen LogP contribution is 2.57. The van der Waals surface area contributed by atoms with Gasteiger partial charge in [0, 0.05) is 17.1 Å². The van der Waals surface area contributed by atoms with Crippen molar-refractivity contribution < 1.29 is 5.48 Å². The van der Waals surface area contributed by atoms with Gasteiger partial charge in [-0.2, -0.15) is 0 Å². The molecule has 68 heavy (non-hydrogen) atoms. The van der Waals surface area contributed by atoms with Crippen LogP contribution in [0.15, 0.2) is 273 Å². The number of anilines is 3. The van der Waals surface area contributed by atoms with Crippen molar-refractivity contribution in [2.75, 3.05) is 4.90 Å². The monoisotopic (exact) mass is 867 g/mol. The van der Waals surface area contributed by atoms with E-state index in [1.807, 2.05) is 47.4 Å². The van der Waals surface area contributed by atoms with Gasteiger partial charge in [0.2, 0.25) is 0 Å². The van der Waals surface area contributed by atoms with E-state index in [0.29, 0.717) is 16.9 Å². The molecule has 318 valence electrons. The Hall–Kier alpha value is -8.78. The van der Waals surface area contributed by atoms with Gasteiger partial charge >= 0.3 is 0 Å². The standard InChI is InChI=1S/C67H45N/c1-3-22-52(23-4-1)67(53-24-5-2-6-25-53)65-32-14-13-30-62(65)63-42-41-56(45-66(63)67)68(55-39-35-48(36-40-55)64-44-51-18-8-10-27-59(51)60-28-11-12-29-61(60)64)54-37-33-46(34-38-54)49-20-15-21-50(43-49)58-31-16-19-47-17-7-9-26-57(47)58/h1-45H/i33D,34D,37D,38D. The summed E-state index contributed by atoms with van der Waals surface area (Å²) in [5, 5.41) is 6.91. The summed E-state index contributed by atoms with van der Waals surface area (Å²) in [4.78, 5) is 1.93. The minimum Gasteiger partial charge on any atom is -0.310 e. The Morgan fingerprint density at radius 3 is 1.60 bits per heavy atom. The zero-order chi connectivity index (χ0) is 48.5. The van der Waals surface area contributed by atoms with E-state index >= 15 is 0 Å². The van der Waals surface area contributed by atoms with Crippen molar-refractivity contribution in [2.45, 2.75) is 5.41 Å². The molecule has 0 atom stereocenters. The second-order valence-electron chi connectivity index (χ2n) is 17.7. The van der Waals surface area contributed by atoms with Crippen molar-refractivity contribution in [3.63, 3.8) is 0 Å². The normalized spacial score (nSPS) is 13.4. The molecule has 0 saturated carbocycles. The van der Waals surface area contributed by atoms with Gasteiger partial charge in [0.25, 0.3) is 0 Å². The number of rotatable bonds is 8. The summed E-state index contributed by atoms with van der Waals surface area (Å²) in [5.41, 5.74) is 12.6. The molecule has 0 aliphatic heterocycles. The van der Waals surface area contributed by atoms with Gasteiger partial charge in [-0.15, -0.1) is 0 Å². The Morgan fingerprint density at radius 2 is 0.838 bits per heavy atom. The maximum atomic E-state index is 9.99. The van der Waals surface area contributed by atoms with Gasteiger partial charge in [0.1, 0.15) is 0 Å². The average Bonchev–Trinajstić information content (AvgIpc) is 3.74. The fourth-order valence-corrected chi connectivity index (χ4v) is 10.9. The smallest absolute Gasteiger partial charge is 0.0714 e. The third-order valence-electron chi connectivity index (χ3n) is 14.0. The van der Waals surface area contributed by atoms with Crippen LogP contribution in [-0.4, -0.2) is 0 Å². The highest BCUT2D eigenvalue weighted by molar-refractivity contribution is 6.13. The number of hydrogen-bond acceptors (Lipinski definition) is 1. The summed E-state index contributed by atoms with van der Waals surface area (Å²) < 4.78 is 39.6. The first-order valence-corrected chi connectivity index (χ1v) is 23.3. The zero-order valence-electron chi connectivity index (χ0n) is 41.1. The third kappa shape index (κ3) is 6.39. The highest BCUT2D eigenvalue weighted by Gasteiger charge is 2.46. The molecule has 12 aromatic rings. The minimum atomic E-state index is -0.704. The fraction of sp³-hybridized carbons (Fsp3) is 0.0149. The molecule has 0 bridgehead atoms. The molecule has 0 amide bonds. The molecule has 0 N–H and O–H groups in total. The first-order valence-electron chi connectivity index (χ1n) is 25.3. The number of nitrogens with zero attached hydrogens (tertiary/aromatic N) is 1. The molecular formula is C67H45N. The van der Waals surface area contributed by atoms with Crippen molar-refractivity contribution in [3.05, 3.63) is 295 Å². The van der Waals surface area contributed by atoms with Gasteiger partial charge < -0.3 is 4.90 Å². The summed E-state index contributed by atoms with van der Waals surface area (Å²) in [7, 11) is 0. The molecule has 0 fully saturated rings. The van der Waals surface area contributed by atoms with Crippen molar-refractivity contribution in [3.8, 4) is 44.5 Å². The van der Waals surface area contributed by atoms with Crippen LogP contribution < -0.4 is 4.90 Å². The molecule has 13 rings (SSSR count). The lowest BCUT2D eigenvalue weighted by Gasteiger charge is -2.35. The van der Waals surface area contributed by atoms with Gasteiger partial charge in [-0.3, -0.25) is 0 Å². The number of fused-ring (bicyclic) bond motifs is 7. The molecule has 1 nitrogen and oxygen atoms in total. The lowest BCUT2D eigenvalue weighted by Crippen LogP contribution is -2.28. The minimum absolute atomic E-state index is 0.109. The number of hydrogen-bond donors (Lipinski definition) is 0. The summed E-state index contributed by atoms with van der Waals surface area (Å²) in [6.07, 6.45) is 0. The molecule has 1 aliphatic carbocycles. The summed E-state index contributed by atoms with van der Waals surface area (Å²) in [5.74, 6) is 0. The van der Waals surface area contributed by atoms with Crippen LogP contribution >= 0.6 is 0 Å². The maximum absolute atomic E-state index is 9.99. The van der Waals surface area contributed by atoms with Crippen LogP contribution in [0.1, 0.15) is 27.7 Å². The molecule has 0 heterocycles. The van der Waals surface area contributed by atoms with Crippen LogP contribution in [0.2, 0.25) is 0 Å². The molecule has 0 unspecified atom stereocenters. The number of benzene rings is 12. The molecule has 0 saturated heterocycles. The Labute approximate surface area is 403 Å². The van der Waals surface area contributed by atoms with E-state index < -0.39 is 5.41 Å². The molecule has 0 aromatic heterocycles. The average molecular weight is 868 g/mol. The van der Waals surface area contributed by atoms with Gasteiger partial charge in [-0.05, 0) is 148 Å².